The molecule has 2 aromatic rings. The molecule has 3 unspecified atom stereocenters. The highest BCUT2D eigenvalue weighted by Gasteiger charge is 2.23. The van der Waals surface area contributed by atoms with Gasteiger partial charge in [-0.05, 0) is 54.9 Å². The van der Waals surface area contributed by atoms with Crippen LogP contribution in [-0.2, 0) is 22.4 Å². The molecule has 200 valence electrons. The number of aliphatic hydroxyl groups excluding tert-OH is 1. The monoisotopic (exact) mass is 500 g/mol. The summed E-state index contributed by atoms with van der Waals surface area (Å²) in [6.45, 7) is 7.66. The minimum absolute atomic E-state index is 0.122. The highest BCUT2D eigenvalue weighted by atomic mass is 16.5. The lowest BCUT2D eigenvalue weighted by Crippen LogP contribution is -2.45. The topological polar surface area (TPSA) is 103 Å². The lowest BCUT2D eigenvalue weighted by molar-refractivity contribution is -0.121. The first-order chi connectivity index (χ1) is 17.2. The van der Waals surface area contributed by atoms with Crippen molar-refractivity contribution in [2.75, 3.05) is 34.0 Å². The molecule has 7 heteroatoms. The van der Waals surface area contributed by atoms with Crippen molar-refractivity contribution in [3.63, 3.8) is 0 Å². The summed E-state index contributed by atoms with van der Waals surface area (Å²) in [4.78, 5) is 12.3. The van der Waals surface area contributed by atoms with Gasteiger partial charge in [-0.1, -0.05) is 49.7 Å². The van der Waals surface area contributed by atoms with Crippen LogP contribution in [0, 0.1) is 18.8 Å². The van der Waals surface area contributed by atoms with Gasteiger partial charge in [0.15, 0.2) is 11.5 Å². The minimum atomic E-state index is -0.816. The fourth-order valence-corrected chi connectivity index (χ4v) is 4.19. The Morgan fingerprint density at radius 1 is 1.06 bits per heavy atom. The summed E-state index contributed by atoms with van der Waals surface area (Å²) in [7, 11) is 3.31. The summed E-state index contributed by atoms with van der Waals surface area (Å²) in [5, 5.41) is 13.5. The molecule has 1 amide bonds. The van der Waals surface area contributed by atoms with Crippen LogP contribution in [0.25, 0.3) is 0 Å². The molecule has 0 saturated carbocycles. The molecule has 0 radical (unpaired) electrons. The Labute approximate surface area is 216 Å². The van der Waals surface area contributed by atoms with Crippen molar-refractivity contribution in [2.45, 2.75) is 58.6 Å². The Bertz CT molecular complexity index is 934. The van der Waals surface area contributed by atoms with Gasteiger partial charge in [0.05, 0.1) is 26.2 Å². The number of nitrogens with two attached hydrogens (primary N) is 1. The first-order valence-corrected chi connectivity index (χ1v) is 12.8. The first kappa shape index (κ1) is 29.6. The number of amides is 1. The van der Waals surface area contributed by atoms with E-state index >= 15 is 0 Å². The maximum atomic E-state index is 12.3. The van der Waals surface area contributed by atoms with Crippen LogP contribution in [0.4, 0.5) is 0 Å². The fraction of sp³-hybridized carbons (Fsp3) is 0.552. The van der Waals surface area contributed by atoms with E-state index < -0.39 is 12.1 Å². The molecular formula is C29H44N2O5. The molecule has 0 aliphatic rings. The average Bonchev–Trinajstić information content (AvgIpc) is 2.84. The zero-order valence-corrected chi connectivity index (χ0v) is 22.5. The summed E-state index contributed by atoms with van der Waals surface area (Å²) in [6.07, 6.45) is 1.71. The molecule has 36 heavy (non-hydrogen) atoms. The van der Waals surface area contributed by atoms with Gasteiger partial charge in [-0.3, -0.25) is 4.79 Å². The largest absolute Gasteiger partial charge is 0.493 e. The SMILES string of the molecule is COCCCOc1cc(CC(CC(N)C(O)CNC(=O)Cc2cccc(C)c2)C(C)C)ccc1OC. The molecule has 0 aromatic heterocycles. The number of ether oxygens (including phenoxy) is 3. The zero-order valence-electron chi connectivity index (χ0n) is 22.5. The summed E-state index contributed by atoms with van der Waals surface area (Å²) in [6, 6.07) is 13.4. The Hall–Kier alpha value is -2.61. The van der Waals surface area contributed by atoms with Crippen LogP contribution in [0.2, 0.25) is 0 Å². The minimum Gasteiger partial charge on any atom is -0.493 e. The molecule has 4 N–H and O–H groups in total. The second-order valence-electron chi connectivity index (χ2n) is 9.83. The molecule has 2 aromatic carbocycles. The molecule has 7 nitrogen and oxygen atoms in total. The van der Waals surface area contributed by atoms with Crippen molar-refractivity contribution in [3.8, 4) is 11.5 Å². The highest BCUT2D eigenvalue weighted by molar-refractivity contribution is 5.78. The van der Waals surface area contributed by atoms with E-state index in [0.29, 0.717) is 37.1 Å². The van der Waals surface area contributed by atoms with Gasteiger partial charge < -0.3 is 30.4 Å². The molecule has 0 bridgehead atoms. The average molecular weight is 501 g/mol. The van der Waals surface area contributed by atoms with Gasteiger partial charge >= 0.3 is 0 Å². The number of carbonyl (C=O) groups excluding carboxylic acids is 1. The Kier molecular flexibility index (Phi) is 12.7. The maximum Gasteiger partial charge on any atom is 0.224 e. The van der Waals surface area contributed by atoms with E-state index in [1.807, 2.05) is 49.4 Å². The van der Waals surface area contributed by atoms with E-state index in [-0.39, 0.29) is 24.8 Å². The number of hydrogen-bond donors (Lipinski definition) is 3. The smallest absolute Gasteiger partial charge is 0.224 e. The highest BCUT2D eigenvalue weighted by Crippen LogP contribution is 2.31. The van der Waals surface area contributed by atoms with Gasteiger partial charge in [-0.25, -0.2) is 0 Å². The van der Waals surface area contributed by atoms with Gasteiger partial charge in [0, 0.05) is 32.7 Å². The Morgan fingerprint density at radius 2 is 1.83 bits per heavy atom. The maximum absolute atomic E-state index is 12.3. The van der Waals surface area contributed by atoms with E-state index in [1.54, 1.807) is 14.2 Å². The predicted molar refractivity (Wildman–Crippen MR) is 144 cm³/mol. The van der Waals surface area contributed by atoms with E-state index in [1.165, 1.54) is 0 Å². The van der Waals surface area contributed by atoms with E-state index in [4.69, 9.17) is 19.9 Å². The second-order valence-corrected chi connectivity index (χ2v) is 9.83. The molecule has 0 aliphatic carbocycles. The molecule has 0 aliphatic heterocycles. The van der Waals surface area contributed by atoms with Gasteiger partial charge in [-0.15, -0.1) is 0 Å². The van der Waals surface area contributed by atoms with Crippen LogP contribution in [0.3, 0.4) is 0 Å². The summed E-state index contributed by atoms with van der Waals surface area (Å²) < 4.78 is 16.5. The summed E-state index contributed by atoms with van der Waals surface area (Å²) in [5.74, 6) is 1.92. The zero-order chi connectivity index (χ0) is 26.5. The third-order valence-corrected chi connectivity index (χ3v) is 6.44. The first-order valence-electron chi connectivity index (χ1n) is 12.8. The van der Waals surface area contributed by atoms with Crippen molar-refractivity contribution in [1.29, 1.82) is 0 Å². The molecule has 0 heterocycles. The molecule has 0 spiro atoms. The molecular weight excluding hydrogens is 456 g/mol. The van der Waals surface area contributed by atoms with Crippen molar-refractivity contribution in [2.24, 2.45) is 17.6 Å². The molecule has 0 fully saturated rings. The van der Waals surface area contributed by atoms with Crippen molar-refractivity contribution in [1.82, 2.24) is 5.32 Å². The van der Waals surface area contributed by atoms with Gasteiger partial charge in [0.2, 0.25) is 5.91 Å². The number of rotatable bonds is 16. The van der Waals surface area contributed by atoms with Crippen LogP contribution < -0.4 is 20.5 Å². The molecule has 0 saturated heterocycles. The Balaban J connectivity index is 1.91. The van der Waals surface area contributed by atoms with Crippen molar-refractivity contribution < 1.29 is 24.1 Å². The standard InChI is InChI=1S/C29H44N2O5/c1-20(2)24(15-23-10-11-27(35-5)28(16-23)36-13-7-12-34-4)18-25(30)26(32)19-31-29(33)17-22-9-6-8-21(3)14-22/h6,8-11,14,16,20,24-26,32H,7,12-13,15,17-19,30H2,1-5H3,(H,31,33). The number of carbonyl (C=O) groups is 1. The third-order valence-electron chi connectivity index (χ3n) is 6.44. The fourth-order valence-electron chi connectivity index (χ4n) is 4.19. The summed E-state index contributed by atoms with van der Waals surface area (Å²) >= 11 is 0. The van der Waals surface area contributed by atoms with Crippen LogP contribution in [0.5, 0.6) is 11.5 Å². The number of nitrogens with one attached hydrogen (secondary N) is 1. The van der Waals surface area contributed by atoms with Crippen LogP contribution >= 0.6 is 0 Å². The van der Waals surface area contributed by atoms with Crippen LogP contribution in [-0.4, -0.2) is 57.1 Å². The van der Waals surface area contributed by atoms with E-state index in [0.717, 1.165) is 29.5 Å². The number of aliphatic hydroxyl groups is 1. The predicted octanol–water partition coefficient (Wildman–Crippen LogP) is 3.67. The van der Waals surface area contributed by atoms with Crippen molar-refractivity contribution >= 4 is 5.91 Å². The number of aryl methyl sites for hydroxylation is 1. The summed E-state index contributed by atoms with van der Waals surface area (Å²) in [5.41, 5.74) is 9.58. The number of methoxy groups -OCH3 is 2. The Morgan fingerprint density at radius 3 is 2.50 bits per heavy atom. The third kappa shape index (κ3) is 10.2. The van der Waals surface area contributed by atoms with Crippen LogP contribution in [0.15, 0.2) is 42.5 Å². The number of hydrogen-bond acceptors (Lipinski definition) is 6. The second kappa shape index (κ2) is 15.5. The lowest BCUT2D eigenvalue weighted by atomic mass is 9.83. The quantitative estimate of drug-likeness (QED) is 0.304. The van der Waals surface area contributed by atoms with Gasteiger partial charge in [0.25, 0.3) is 0 Å². The lowest BCUT2D eigenvalue weighted by Gasteiger charge is -2.27. The van der Waals surface area contributed by atoms with Crippen molar-refractivity contribution in [3.05, 3.63) is 59.2 Å². The van der Waals surface area contributed by atoms with Gasteiger partial charge in [0.1, 0.15) is 0 Å². The molecule has 3 atom stereocenters. The van der Waals surface area contributed by atoms with Gasteiger partial charge in [-0.2, -0.15) is 0 Å². The van der Waals surface area contributed by atoms with E-state index in [2.05, 4.69) is 19.2 Å². The normalized spacial score (nSPS) is 13.8. The van der Waals surface area contributed by atoms with E-state index in [9.17, 15) is 9.90 Å². The number of benzene rings is 2. The molecule has 2 rings (SSSR count). The van der Waals surface area contributed by atoms with Crippen LogP contribution in [0.1, 0.15) is 43.4 Å².